The van der Waals surface area contributed by atoms with Gasteiger partial charge in [0.15, 0.2) is 0 Å². The van der Waals surface area contributed by atoms with E-state index >= 15 is 0 Å². The molecule has 1 rings (SSSR count). The van der Waals surface area contributed by atoms with Crippen molar-refractivity contribution in [3.63, 3.8) is 0 Å². The fourth-order valence-electron chi connectivity index (χ4n) is 1.41. The van der Waals surface area contributed by atoms with E-state index in [1.54, 1.807) is 0 Å². The summed E-state index contributed by atoms with van der Waals surface area (Å²) in [7, 11) is -2.54. The molecule has 0 aliphatic rings. The maximum atomic E-state index is 13.1. The van der Waals surface area contributed by atoms with Crippen LogP contribution in [0.5, 0.6) is 0 Å². The minimum absolute atomic E-state index is 0.185. The zero-order valence-electron chi connectivity index (χ0n) is 10.2. The minimum Gasteiger partial charge on any atom is -0.330 e. The lowest BCUT2D eigenvalue weighted by molar-refractivity contribution is -0.387. The van der Waals surface area contributed by atoms with E-state index in [2.05, 4.69) is 0 Å². The van der Waals surface area contributed by atoms with Crippen LogP contribution >= 0.6 is 0 Å². The van der Waals surface area contributed by atoms with Crippen molar-refractivity contribution in [1.29, 1.82) is 0 Å². The highest BCUT2D eigenvalue weighted by molar-refractivity contribution is 7.89. The Labute approximate surface area is 110 Å². The second kappa shape index (κ2) is 6.04. The van der Waals surface area contributed by atoms with Crippen molar-refractivity contribution in [2.24, 2.45) is 5.73 Å². The van der Waals surface area contributed by atoms with Gasteiger partial charge in [-0.2, -0.15) is 4.39 Å². The van der Waals surface area contributed by atoms with Gasteiger partial charge in [-0.25, -0.2) is 12.7 Å². The van der Waals surface area contributed by atoms with Gasteiger partial charge in [-0.05, 0) is 25.1 Å². The summed E-state index contributed by atoms with van der Waals surface area (Å²) in [6, 6.07) is 2.47. The number of hydrogen-bond acceptors (Lipinski definition) is 5. The highest BCUT2D eigenvalue weighted by atomic mass is 32.2. The van der Waals surface area contributed by atoms with Gasteiger partial charge in [0.1, 0.15) is 0 Å². The number of halogens is 1. The molecular formula is C10H14FN3O4S. The maximum absolute atomic E-state index is 13.1. The first kappa shape index (κ1) is 15.5. The molecule has 0 saturated heterocycles. The first-order valence-corrected chi connectivity index (χ1v) is 6.85. The Bertz CT molecular complexity index is 576. The zero-order chi connectivity index (χ0) is 14.6. The molecule has 0 aliphatic heterocycles. The maximum Gasteiger partial charge on any atom is 0.306 e. The summed E-state index contributed by atoms with van der Waals surface area (Å²) in [6.07, 6.45) is 0.457. The summed E-state index contributed by atoms with van der Waals surface area (Å²) < 4.78 is 38.3. The van der Waals surface area contributed by atoms with Crippen molar-refractivity contribution in [1.82, 2.24) is 4.31 Å². The van der Waals surface area contributed by atoms with Crippen LogP contribution < -0.4 is 5.73 Å². The van der Waals surface area contributed by atoms with E-state index in [1.807, 2.05) is 0 Å². The summed E-state index contributed by atoms with van der Waals surface area (Å²) in [5.41, 5.74) is 4.41. The van der Waals surface area contributed by atoms with Gasteiger partial charge in [0, 0.05) is 19.7 Å². The molecule has 0 atom stereocenters. The van der Waals surface area contributed by atoms with E-state index in [0.717, 1.165) is 16.4 Å². The molecule has 106 valence electrons. The molecule has 0 aromatic heterocycles. The van der Waals surface area contributed by atoms with E-state index in [4.69, 9.17) is 5.73 Å². The summed E-state index contributed by atoms with van der Waals surface area (Å²) in [6.45, 7) is 0.507. The SMILES string of the molecule is CN(CCCN)S(=O)(=O)c1ccc(F)c([N+](=O)[O-])c1. The molecule has 1 aromatic carbocycles. The van der Waals surface area contributed by atoms with Gasteiger partial charge in [0.2, 0.25) is 15.8 Å². The van der Waals surface area contributed by atoms with Crippen LogP contribution in [0.15, 0.2) is 23.1 Å². The Balaban J connectivity index is 3.15. The Morgan fingerprint density at radius 1 is 1.47 bits per heavy atom. The molecule has 0 heterocycles. The molecule has 0 aliphatic carbocycles. The first-order valence-electron chi connectivity index (χ1n) is 5.41. The van der Waals surface area contributed by atoms with Crippen LogP contribution in [-0.2, 0) is 10.0 Å². The lowest BCUT2D eigenvalue weighted by Gasteiger charge is -2.16. The first-order chi connectivity index (χ1) is 8.80. The van der Waals surface area contributed by atoms with Crippen molar-refractivity contribution in [3.8, 4) is 0 Å². The molecule has 7 nitrogen and oxygen atoms in total. The third-order valence-corrected chi connectivity index (χ3v) is 4.35. The van der Waals surface area contributed by atoms with Crippen molar-refractivity contribution in [2.45, 2.75) is 11.3 Å². The van der Waals surface area contributed by atoms with Gasteiger partial charge in [-0.3, -0.25) is 10.1 Å². The Morgan fingerprint density at radius 2 is 2.11 bits per heavy atom. The van der Waals surface area contributed by atoms with Crippen LogP contribution in [0.25, 0.3) is 0 Å². The largest absolute Gasteiger partial charge is 0.330 e. The van der Waals surface area contributed by atoms with Crippen LogP contribution in [0.2, 0.25) is 0 Å². The Hall–Kier alpha value is -1.58. The number of benzene rings is 1. The van der Waals surface area contributed by atoms with Crippen molar-refractivity contribution in [3.05, 3.63) is 34.1 Å². The van der Waals surface area contributed by atoms with Crippen LogP contribution in [-0.4, -0.2) is 37.8 Å². The number of hydrogen-bond donors (Lipinski definition) is 1. The number of nitro benzene ring substituents is 1. The molecule has 0 radical (unpaired) electrons. The van der Waals surface area contributed by atoms with Gasteiger partial charge in [0.25, 0.3) is 0 Å². The molecule has 1 aromatic rings. The molecule has 2 N–H and O–H groups in total. The third kappa shape index (κ3) is 3.46. The molecule has 0 spiro atoms. The lowest BCUT2D eigenvalue weighted by atomic mass is 10.3. The molecule has 9 heteroatoms. The monoisotopic (exact) mass is 291 g/mol. The summed E-state index contributed by atoms with van der Waals surface area (Å²) >= 11 is 0. The fraction of sp³-hybridized carbons (Fsp3) is 0.400. The number of nitrogens with two attached hydrogens (primary N) is 1. The van der Waals surface area contributed by atoms with E-state index < -0.39 is 26.5 Å². The number of sulfonamides is 1. The quantitative estimate of drug-likeness (QED) is 0.613. The van der Waals surface area contributed by atoms with Crippen molar-refractivity contribution in [2.75, 3.05) is 20.1 Å². The van der Waals surface area contributed by atoms with Crippen LogP contribution in [0.3, 0.4) is 0 Å². The molecule has 0 saturated carbocycles. The average molecular weight is 291 g/mol. The number of nitrogens with zero attached hydrogens (tertiary/aromatic N) is 2. The Morgan fingerprint density at radius 3 is 2.63 bits per heavy atom. The molecule has 0 unspecified atom stereocenters. The van der Waals surface area contributed by atoms with Gasteiger partial charge in [0.05, 0.1) is 9.82 Å². The molecular weight excluding hydrogens is 277 g/mol. The zero-order valence-corrected chi connectivity index (χ0v) is 11.1. The summed E-state index contributed by atoms with van der Waals surface area (Å²) in [5.74, 6) is -1.08. The smallest absolute Gasteiger partial charge is 0.306 e. The second-order valence-corrected chi connectivity index (χ2v) is 5.88. The molecule has 19 heavy (non-hydrogen) atoms. The van der Waals surface area contributed by atoms with E-state index in [9.17, 15) is 22.9 Å². The molecule has 0 bridgehead atoms. The van der Waals surface area contributed by atoms with Gasteiger partial charge >= 0.3 is 5.69 Å². The standard InChI is InChI=1S/C10H14FN3O4S/c1-13(6-2-5-12)19(17,18)8-3-4-9(11)10(7-8)14(15)16/h3-4,7H,2,5-6,12H2,1H3. The Kier molecular flexibility index (Phi) is 4.92. The second-order valence-electron chi connectivity index (χ2n) is 3.84. The fourth-order valence-corrected chi connectivity index (χ4v) is 2.64. The predicted octanol–water partition coefficient (Wildman–Crippen LogP) is 0.703. The predicted molar refractivity (Wildman–Crippen MR) is 66.5 cm³/mol. The highest BCUT2D eigenvalue weighted by Gasteiger charge is 2.24. The molecule has 0 amide bonds. The summed E-state index contributed by atoms with van der Waals surface area (Å²) in [5, 5.41) is 10.6. The van der Waals surface area contributed by atoms with E-state index in [1.165, 1.54) is 7.05 Å². The van der Waals surface area contributed by atoms with Gasteiger partial charge in [-0.15, -0.1) is 0 Å². The average Bonchev–Trinajstić information content (AvgIpc) is 2.35. The molecule has 0 fully saturated rings. The number of nitro groups is 1. The van der Waals surface area contributed by atoms with Crippen LogP contribution in [0.1, 0.15) is 6.42 Å². The summed E-state index contributed by atoms with van der Waals surface area (Å²) in [4.78, 5) is 9.30. The third-order valence-electron chi connectivity index (χ3n) is 2.50. The normalized spacial score (nSPS) is 11.8. The van der Waals surface area contributed by atoms with Crippen LogP contribution in [0, 0.1) is 15.9 Å². The number of rotatable bonds is 6. The lowest BCUT2D eigenvalue weighted by Crippen LogP contribution is -2.29. The van der Waals surface area contributed by atoms with Crippen LogP contribution in [0.4, 0.5) is 10.1 Å². The van der Waals surface area contributed by atoms with E-state index in [0.29, 0.717) is 19.0 Å². The van der Waals surface area contributed by atoms with Gasteiger partial charge < -0.3 is 5.73 Å². The van der Waals surface area contributed by atoms with E-state index in [-0.39, 0.29) is 11.4 Å². The van der Waals surface area contributed by atoms with Crippen molar-refractivity contribution < 1.29 is 17.7 Å². The minimum atomic E-state index is -3.88. The highest BCUT2D eigenvalue weighted by Crippen LogP contribution is 2.23. The topological polar surface area (TPSA) is 107 Å². The van der Waals surface area contributed by atoms with Gasteiger partial charge in [-0.1, -0.05) is 0 Å². The van der Waals surface area contributed by atoms with Crippen molar-refractivity contribution >= 4 is 15.7 Å².